The van der Waals surface area contributed by atoms with Gasteiger partial charge in [0, 0.05) is 6.42 Å². The van der Waals surface area contributed by atoms with Crippen molar-refractivity contribution in [3.05, 3.63) is 0 Å². The van der Waals surface area contributed by atoms with Crippen LogP contribution in [0, 0.1) is 11.3 Å². The Morgan fingerprint density at radius 3 is 2.54 bits per heavy atom. The van der Waals surface area contributed by atoms with Crippen molar-refractivity contribution >= 4 is 0 Å². The number of rotatable bonds is 3. The van der Waals surface area contributed by atoms with Gasteiger partial charge in [0.25, 0.3) is 0 Å². The Bertz CT molecular complexity index is 143. The van der Waals surface area contributed by atoms with Gasteiger partial charge in [0.05, 0.1) is 12.7 Å². The van der Waals surface area contributed by atoms with Crippen LogP contribution in [0.25, 0.3) is 0 Å². The highest BCUT2D eigenvalue weighted by Crippen LogP contribution is 2.28. The molecule has 2 atom stereocenters. The monoisotopic (exact) mass is 186 g/mol. The van der Waals surface area contributed by atoms with Gasteiger partial charge in [-0.1, -0.05) is 27.7 Å². The summed E-state index contributed by atoms with van der Waals surface area (Å²) in [6.45, 7) is 9.93. The van der Waals surface area contributed by atoms with E-state index in [0.717, 1.165) is 25.4 Å². The molecule has 2 unspecified atom stereocenters. The van der Waals surface area contributed by atoms with Crippen LogP contribution in [0.4, 0.5) is 0 Å². The van der Waals surface area contributed by atoms with E-state index in [0.29, 0.717) is 11.5 Å². The minimum Gasteiger partial charge on any atom is -0.236 e. The van der Waals surface area contributed by atoms with E-state index in [4.69, 9.17) is 9.78 Å². The Morgan fingerprint density at radius 2 is 2.08 bits per heavy atom. The largest absolute Gasteiger partial charge is 0.236 e. The SMILES string of the molecule is CC(CC1CCOO1)CC(C)(C)C. The molecule has 2 heteroatoms. The molecule has 0 saturated carbocycles. The topological polar surface area (TPSA) is 18.5 Å². The van der Waals surface area contributed by atoms with Crippen molar-refractivity contribution in [2.45, 2.75) is 53.1 Å². The van der Waals surface area contributed by atoms with Gasteiger partial charge in [0.2, 0.25) is 0 Å². The zero-order chi connectivity index (χ0) is 9.90. The van der Waals surface area contributed by atoms with E-state index in [9.17, 15) is 0 Å². The van der Waals surface area contributed by atoms with E-state index in [1.807, 2.05) is 0 Å². The summed E-state index contributed by atoms with van der Waals surface area (Å²) in [5.74, 6) is 0.728. The first kappa shape index (κ1) is 11.0. The van der Waals surface area contributed by atoms with Crippen molar-refractivity contribution in [2.24, 2.45) is 11.3 Å². The fourth-order valence-electron chi connectivity index (χ4n) is 2.11. The fourth-order valence-corrected chi connectivity index (χ4v) is 2.11. The van der Waals surface area contributed by atoms with Gasteiger partial charge in [0.1, 0.15) is 0 Å². The first-order valence-electron chi connectivity index (χ1n) is 5.25. The lowest BCUT2D eigenvalue weighted by Crippen LogP contribution is -2.16. The molecule has 1 rings (SSSR count). The molecule has 2 nitrogen and oxygen atoms in total. The van der Waals surface area contributed by atoms with Crippen molar-refractivity contribution in [1.82, 2.24) is 0 Å². The predicted octanol–water partition coefficient (Wildman–Crippen LogP) is 3.17. The van der Waals surface area contributed by atoms with Gasteiger partial charge >= 0.3 is 0 Å². The third-order valence-electron chi connectivity index (χ3n) is 2.35. The van der Waals surface area contributed by atoms with Crippen molar-refractivity contribution in [3.63, 3.8) is 0 Å². The van der Waals surface area contributed by atoms with Gasteiger partial charge in [-0.15, -0.1) is 0 Å². The molecule has 0 aromatic heterocycles. The van der Waals surface area contributed by atoms with E-state index >= 15 is 0 Å². The second-order valence-corrected chi connectivity index (χ2v) is 5.43. The van der Waals surface area contributed by atoms with Crippen LogP contribution in [0.3, 0.4) is 0 Å². The maximum absolute atomic E-state index is 5.14. The molecule has 0 N–H and O–H groups in total. The zero-order valence-corrected chi connectivity index (χ0v) is 9.30. The lowest BCUT2D eigenvalue weighted by molar-refractivity contribution is -0.276. The first-order chi connectivity index (χ1) is 5.97. The van der Waals surface area contributed by atoms with Gasteiger partial charge in [-0.2, -0.15) is 0 Å². The molecule has 1 fully saturated rings. The maximum Gasteiger partial charge on any atom is 0.0955 e. The summed E-state index contributed by atoms with van der Waals surface area (Å²) in [6.07, 6.45) is 3.80. The smallest absolute Gasteiger partial charge is 0.0955 e. The van der Waals surface area contributed by atoms with Crippen LogP contribution >= 0.6 is 0 Å². The fraction of sp³-hybridized carbons (Fsp3) is 1.00. The molecule has 0 spiro atoms. The molecule has 0 amide bonds. The molecule has 0 aromatic carbocycles. The van der Waals surface area contributed by atoms with Crippen LogP contribution in [-0.2, 0) is 9.78 Å². The Hall–Kier alpha value is -0.0800. The Balaban J connectivity index is 2.20. The standard InChI is InChI=1S/C11H22O2/c1-9(8-11(2,3)4)7-10-5-6-12-13-10/h9-10H,5-8H2,1-4H3. The third kappa shape index (κ3) is 4.63. The lowest BCUT2D eigenvalue weighted by Gasteiger charge is -2.24. The van der Waals surface area contributed by atoms with Crippen LogP contribution in [0.15, 0.2) is 0 Å². The normalized spacial score (nSPS) is 26.3. The van der Waals surface area contributed by atoms with E-state index in [1.54, 1.807) is 0 Å². The molecular formula is C11H22O2. The Morgan fingerprint density at radius 1 is 1.38 bits per heavy atom. The molecule has 1 aliphatic rings. The van der Waals surface area contributed by atoms with Crippen LogP contribution in [0.5, 0.6) is 0 Å². The quantitative estimate of drug-likeness (QED) is 0.630. The summed E-state index contributed by atoms with van der Waals surface area (Å²) in [4.78, 5) is 10.0. The van der Waals surface area contributed by atoms with Crippen molar-refractivity contribution in [1.29, 1.82) is 0 Å². The molecule has 0 aromatic rings. The van der Waals surface area contributed by atoms with Gasteiger partial charge in [0.15, 0.2) is 0 Å². The molecule has 0 bridgehead atoms. The van der Waals surface area contributed by atoms with Crippen LogP contribution in [0.2, 0.25) is 0 Å². The highest BCUT2D eigenvalue weighted by atomic mass is 17.2. The van der Waals surface area contributed by atoms with Gasteiger partial charge < -0.3 is 0 Å². The van der Waals surface area contributed by atoms with E-state index in [-0.39, 0.29) is 0 Å². The summed E-state index contributed by atoms with van der Waals surface area (Å²) in [5, 5.41) is 0. The summed E-state index contributed by atoms with van der Waals surface area (Å²) in [7, 11) is 0. The number of hydrogen-bond donors (Lipinski definition) is 0. The van der Waals surface area contributed by atoms with Crippen LogP contribution < -0.4 is 0 Å². The van der Waals surface area contributed by atoms with E-state index in [2.05, 4.69) is 27.7 Å². The average Bonchev–Trinajstić information content (AvgIpc) is 2.34. The maximum atomic E-state index is 5.14. The highest BCUT2D eigenvalue weighted by molar-refractivity contribution is 4.70. The van der Waals surface area contributed by atoms with Crippen molar-refractivity contribution in [2.75, 3.05) is 6.61 Å². The zero-order valence-electron chi connectivity index (χ0n) is 9.30. The number of hydrogen-bond acceptors (Lipinski definition) is 2. The molecule has 13 heavy (non-hydrogen) atoms. The predicted molar refractivity (Wildman–Crippen MR) is 53.3 cm³/mol. The molecule has 1 aliphatic heterocycles. The summed E-state index contributed by atoms with van der Waals surface area (Å²) in [6, 6.07) is 0. The van der Waals surface area contributed by atoms with Gasteiger partial charge in [-0.05, 0) is 24.2 Å². The van der Waals surface area contributed by atoms with E-state index in [1.165, 1.54) is 6.42 Å². The van der Waals surface area contributed by atoms with E-state index < -0.39 is 0 Å². The minimum atomic E-state index is 0.345. The molecule has 1 heterocycles. The molecule has 1 saturated heterocycles. The molecule has 0 aliphatic carbocycles. The minimum absolute atomic E-state index is 0.345. The Labute approximate surface area is 81.5 Å². The summed E-state index contributed by atoms with van der Waals surface area (Å²) in [5.41, 5.74) is 0.429. The summed E-state index contributed by atoms with van der Waals surface area (Å²) < 4.78 is 0. The second-order valence-electron chi connectivity index (χ2n) is 5.43. The molecule has 78 valence electrons. The summed E-state index contributed by atoms with van der Waals surface area (Å²) >= 11 is 0. The van der Waals surface area contributed by atoms with Crippen molar-refractivity contribution in [3.8, 4) is 0 Å². The highest BCUT2D eigenvalue weighted by Gasteiger charge is 2.22. The molecular weight excluding hydrogens is 164 g/mol. The van der Waals surface area contributed by atoms with Crippen molar-refractivity contribution < 1.29 is 9.78 Å². The van der Waals surface area contributed by atoms with Crippen LogP contribution in [-0.4, -0.2) is 12.7 Å². The average molecular weight is 186 g/mol. The lowest BCUT2D eigenvalue weighted by atomic mass is 9.83. The van der Waals surface area contributed by atoms with Gasteiger partial charge in [-0.25, -0.2) is 9.78 Å². The third-order valence-corrected chi connectivity index (χ3v) is 2.35. The first-order valence-corrected chi connectivity index (χ1v) is 5.25. The molecule has 0 radical (unpaired) electrons. The van der Waals surface area contributed by atoms with Gasteiger partial charge in [-0.3, -0.25) is 0 Å². The van der Waals surface area contributed by atoms with Crippen LogP contribution in [0.1, 0.15) is 47.0 Å². The Kier molecular flexibility index (Phi) is 3.74. The second kappa shape index (κ2) is 4.43.